The largest absolute Gasteiger partial charge is 0.315 e. The zero-order valence-corrected chi connectivity index (χ0v) is 11.0. The highest BCUT2D eigenvalue weighted by molar-refractivity contribution is 8.00. The molecule has 0 spiro atoms. The van der Waals surface area contributed by atoms with E-state index in [1.54, 1.807) is 16.7 Å². The fourth-order valence-corrected chi connectivity index (χ4v) is 2.08. The van der Waals surface area contributed by atoms with Gasteiger partial charge in [-0.1, -0.05) is 32.0 Å². The van der Waals surface area contributed by atoms with E-state index < -0.39 is 0 Å². The topological polar surface area (TPSA) is 20.3 Å². The van der Waals surface area contributed by atoms with Gasteiger partial charge in [-0.2, -0.15) is 0 Å². The van der Waals surface area contributed by atoms with Gasteiger partial charge in [-0.15, -0.1) is 11.8 Å². The summed E-state index contributed by atoms with van der Waals surface area (Å²) in [6.45, 7) is 4.30. The smallest absolute Gasteiger partial charge is 0.236 e. The van der Waals surface area contributed by atoms with Crippen LogP contribution in [0.4, 0.5) is 5.69 Å². The number of para-hydroxylation sites is 1. The van der Waals surface area contributed by atoms with Crippen molar-refractivity contribution in [3.05, 3.63) is 30.3 Å². The molecule has 0 fully saturated rings. The molecule has 0 aliphatic heterocycles. The SMILES string of the molecule is CCC(C)SCC(=O)N(C)c1ccccc1. The third-order valence-corrected chi connectivity index (χ3v) is 3.90. The lowest BCUT2D eigenvalue weighted by atomic mass is 10.3. The summed E-state index contributed by atoms with van der Waals surface area (Å²) in [5, 5.41) is 0.549. The minimum Gasteiger partial charge on any atom is -0.315 e. The van der Waals surface area contributed by atoms with Crippen molar-refractivity contribution in [1.29, 1.82) is 0 Å². The molecule has 0 bridgehead atoms. The molecule has 0 saturated carbocycles. The predicted molar refractivity (Wildman–Crippen MR) is 72.1 cm³/mol. The molecule has 2 nitrogen and oxygen atoms in total. The van der Waals surface area contributed by atoms with E-state index in [1.807, 2.05) is 37.4 Å². The number of carbonyl (C=O) groups is 1. The molecule has 3 heteroatoms. The number of benzene rings is 1. The number of hydrogen-bond donors (Lipinski definition) is 0. The van der Waals surface area contributed by atoms with Crippen LogP contribution < -0.4 is 4.90 Å². The first-order chi connectivity index (χ1) is 7.65. The second-order valence-corrected chi connectivity index (χ2v) is 5.24. The summed E-state index contributed by atoms with van der Waals surface area (Å²) in [7, 11) is 1.83. The zero-order chi connectivity index (χ0) is 12.0. The number of anilines is 1. The second kappa shape index (κ2) is 6.59. The average molecular weight is 237 g/mol. The molecule has 0 saturated heterocycles. The Morgan fingerprint density at radius 1 is 1.38 bits per heavy atom. The summed E-state index contributed by atoms with van der Waals surface area (Å²) in [6.07, 6.45) is 1.10. The number of hydrogen-bond acceptors (Lipinski definition) is 2. The van der Waals surface area contributed by atoms with Crippen molar-refractivity contribution in [2.45, 2.75) is 25.5 Å². The Bertz CT molecular complexity index is 326. The summed E-state index contributed by atoms with van der Waals surface area (Å²) in [4.78, 5) is 13.6. The van der Waals surface area contributed by atoms with Crippen molar-refractivity contribution < 1.29 is 4.79 Å². The Kier molecular flexibility index (Phi) is 5.39. The molecule has 0 aliphatic carbocycles. The van der Waals surface area contributed by atoms with Crippen LogP contribution in [0.25, 0.3) is 0 Å². The van der Waals surface area contributed by atoms with Crippen LogP contribution >= 0.6 is 11.8 Å². The standard InChI is InChI=1S/C13H19NOS/c1-4-11(2)16-10-13(15)14(3)12-8-6-5-7-9-12/h5-9,11H,4,10H2,1-3H3. The van der Waals surface area contributed by atoms with E-state index in [0.717, 1.165) is 12.1 Å². The number of amides is 1. The maximum atomic E-state index is 11.9. The van der Waals surface area contributed by atoms with Gasteiger partial charge in [0.05, 0.1) is 5.75 Å². The molecule has 0 heterocycles. The molecule has 0 radical (unpaired) electrons. The second-order valence-electron chi connectivity index (χ2n) is 3.82. The first-order valence-corrected chi connectivity index (χ1v) is 6.63. The minimum atomic E-state index is 0.163. The predicted octanol–water partition coefficient (Wildman–Crippen LogP) is 3.18. The monoisotopic (exact) mass is 237 g/mol. The van der Waals surface area contributed by atoms with Gasteiger partial charge in [0.1, 0.15) is 0 Å². The zero-order valence-electron chi connectivity index (χ0n) is 10.1. The van der Waals surface area contributed by atoms with E-state index in [0.29, 0.717) is 11.0 Å². The molecule has 1 atom stereocenters. The van der Waals surface area contributed by atoms with Crippen LogP contribution in [0, 0.1) is 0 Å². The van der Waals surface area contributed by atoms with Crippen LogP contribution in [0.5, 0.6) is 0 Å². The van der Waals surface area contributed by atoms with Crippen LogP contribution in [0.15, 0.2) is 30.3 Å². The Hall–Kier alpha value is -0.960. The minimum absolute atomic E-state index is 0.163. The van der Waals surface area contributed by atoms with Gasteiger partial charge in [-0.05, 0) is 18.6 Å². The van der Waals surface area contributed by atoms with E-state index in [9.17, 15) is 4.79 Å². The molecule has 0 aromatic heterocycles. The van der Waals surface area contributed by atoms with Crippen LogP contribution in [-0.2, 0) is 4.79 Å². The Morgan fingerprint density at radius 2 is 2.00 bits per heavy atom. The number of thioether (sulfide) groups is 1. The summed E-state index contributed by atoms with van der Waals surface area (Å²) < 4.78 is 0. The maximum Gasteiger partial charge on any atom is 0.236 e. The lowest BCUT2D eigenvalue weighted by Crippen LogP contribution is -2.28. The van der Waals surface area contributed by atoms with Crippen molar-refractivity contribution in [2.75, 3.05) is 17.7 Å². The van der Waals surface area contributed by atoms with E-state index >= 15 is 0 Å². The molecule has 1 aromatic rings. The molecule has 1 unspecified atom stereocenters. The molecular weight excluding hydrogens is 218 g/mol. The molecule has 16 heavy (non-hydrogen) atoms. The summed E-state index contributed by atoms with van der Waals surface area (Å²) in [6, 6.07) is 9.75. The molecule has 1 amide bonds. The van der Waals surface area contributed by atoms with Crippen LogP contribution in [0.2, 0.25) is 0 Å². The van der Waals surface area contributed by atoms with Crippen molar-refractivity contribution in [1.82, 2.24) is 0 Å². The summed E-state index contributed by atoms with van der Waals surface area (Å²) in [5.41, 5.74) is 0.956. The van der Waals surface area contributed by atoms with Gasteiger partial charge in [0.2, 0.25) is 5.91 Å². The van der Waals surface area contributed by atoms with Crippen LogP contribution in [0.1, 0.15) is 20.3 Å². The first-order valence-electron chi connectivity index (χ1n) is 5.58. The number of rotatable bonds is 5. The average Bonchev–Trinajstić information content (AvgIpc) is 2.35. The van der Waals surface area contributed by atoms with E-state index in [-0.39, 0.29) is 5.91 Å². The van der Waals surface area contributed by atoms with E-state index in [2.05, 4.69) is 13.8 Å². The van der Waals surface area contributed by atoms with Crippen molar-refractivity contribution >= 4 is 23.4 Å². The van der Waals surface area contributed by atoms with Gasteiger partial charge >= 0.3 is 0 Å². The highest BCUT2D eigenvalue weighted by atomic mass is 32.2. The Morgan fingerprint density at radius 3 is 2.56 bits per heavy atom. The maximum absolute atomic E-state index is 11.9. The highest BCUT2D eigenvalue weighted by Crippen LogP contribution is 2.16. The molecule has 1 aromatic carbocycles. The molecular formula is C13H19NOS. The molecule has 0 aliphatic rings. The lowest BCUT2D eigenvalue weighted by Gasteiger charge is -2.18. The van der Waals surface area contributed by atoms with Gasteiger partial charge in [-0.3, -0.25) is 4.79 Å². The van der Waals surface area contributed by atoms with Gasteiger partial charge in [0.15, 0.2) is 0 Å². The van der Waals surface area contributed by atoms with Gasteiger partial charge in [-0.25, -0.2) is 0 Å². The van der Waals surface area contributed by atoms with Crippen molar-refractivity contribution in [3.8, 4) is 0 Å². The van der Waals surface area contributed by atoms with Gasteiger partial charge in [0, 0.05) is 18.0 Å². The normalized spacial score (nSPS) is 12.2. The Balaban J connectivity index is 2.49. The van der Waals surface area contributed by atoms with Crippen LogP contribution in [0.3, 0.4) is 0 Å². The first kappa shape index (κ1) is 13.1. The molecule has 0 N–H and O–H groups in total. The van der Waals surface area contributed by atoms with Crippen LogP contribution in [-0.4, -0.2) is 24.0 Å². The third-order valence-electron chi connectivity index (χ3n) is 2.58. The van der Waals surface area contributed by atoms with Crippen molar-refractivity contribution in [3.63, 3.8) is 0 Å². The van der Waals surface area contributed by atoms with E-state index in [1.165, 1.54) is 0 Å². The lowest BCUT2D eigenvalue weighted by molar-refractivity contribution is -0.115. The van der Waals surface area contributed by atoms with Gasteiger partial charge < -0.3 is 4.90 Å². The van der Waals surface area contributed by atoms with Gasteiger partial charge in [0.25, 0.3) is 0 Å². The summed E-state index contributed by atoms with van der Waals surface area (Å²) >= 11 is 1.72. The number of carbonyl (C=O) groups excluding carboxylic acids is 1. The van der Waals surface area contributed by atoms with E-state index in [4.69, 9.17) is 0 Å². The fourth-order valence-electron chi connectivity index (χ4n) is 1.22. The quantitative estimate of drug-likeness (QED) is 0.784. The fraction of sp³-hybridized carbons (Fsp3) is 0.462. The van der Waals surface area contributed by atoms with Crippen molar-refractivity contribution in [2.24, 2.45) is 0 Å². The molecule has 88 valence electrons. The molecule has 1 rings (SSSR count). The third kappa shape index (κ3) is 3.89. The Labute approximate surface area is 102 Å². The number of nitrogens with zero attached hydrogens (tertiary/aromatic N) is 1. The summed E-state index contributed by atoms with van der Waals surface area (Å²) in [5.74, 6) is 0.719. The highest BCUT2D eigenvalue weighted by Gasteiger charge is 2.11.